The second-order valence-electron chi connectivity index (χ2n) is 6.49. The molecule has 0 bridgehead atoms. The summed E-state index contributed by atoms with van der Waals surface area (Å²) in [4.78, 5) is 4.72. The van der Waals surface area contributed by atoms with Crippen molar-refractivity contribution in [1.29, 1.82) is 0 Å². The number of para-hydroxylation sites is 2. The van der Waals surface area contributed by atoms with E-state index < -0.39 is 6.10 Å². The maximum Gasteiger partial charge on any atom is 0.139 e. The fourth-order valence-electron chi connectivity index (χ4n) is 3.30. The van der Waals surface area contributed by atoms with E-state index in [0.29, 0.717) is 12.3 Å². The molecule has 1 aliphatic heterocycles. The first kappa shape index (κ1) is 17.0. The van der Waals surface area contributed by atoms with E-state index in [0.717, 1.165) is 36.3 Å². The maximum absolute atomic E-state index is 13.0. The highest BCUT2D eigenvalue weighted by atomic mass is 19.1. The van der Waals surface area contributed by atoms with Gasteiger partial charge in [0.2, 0.25) is 0 Å². The van der Waals surface area contributed by atoms with Gasteiger partial charge in [0.1, 0.15) is 36.2 Å². The predicted molar refractivity (Wildman–Crippen MR) is 95.6 cm³/mol. The molecule has 136 valence electrons. The molecule has 0 radical (unpaired) electrons. The van der Waals surface area contributed by atoms with Crippen molar-refractivity contribution >= 4 is 11.0 Å². The van der Waals surface area contributed by atoms with Gasteiger partial charge in [0.25, 0.3) is 0 Å². The van der Waals surface area contributed by atoms with Crippen LogP contribution in [0.25, 0.3) is 11.0 Å². The molecule has 2 heterocycles. The average molecular weight is 356 g/mol. The van der Waals surface area contributed by atoms with Gasteiger partial charge in [-0.05, 0) is 49.2 Å². The van der Waals surface area contributed by atoms with E-state index >= 15 is 0 Å². The van der Waals surface area contributed by atoms with Gasteiger partial charge in [0, 0.05) is 6.61 Å². The van der Waals surface area contributed by atoms with E-state index in [2.05, 4.69) is 0 Å². The Morgan fingerprint density at radius 3 is 2.81 bits per heavy atom. The number of benzene rings is 2. The normalized spacial score (nSPS) is 18.3. The molecule has 3 aromatic rings. The van der Waals surface area contributed by atoms with Crippen LogP contribution in [-0.2, 0) is 11.3 Å². The molecule has 1 N–H and O–H groups in total. The van der Waals surface area contributed by atoms with Crippen molar-refractivity contribution in [1.82, 2.24) is 9.55 Å². The Morgan fingerprint density at radius 2 is 2.04 bits per heavy atom. The summed E-state index contributed by atoms with van der Waals surface area (Å²) in [5, 5.41) is 10.5. The fourth-order valence-corrected chi connectivity index (χ4v) is 3.30. The highest BCUT2D eigenvalue weighted by Gasteiger charge is 2.25. The lowest BCUT2D eigenvalue weighted by atomic mass is 10.2. The van der Waals surface area contributed by atoms with Crippen molar-refractivity contribution in [3.8, 4) is 5.75 Å². The highest BCUT2D eigenvalue weighted by Crippen LogP contribution is 2.30. The second kappa shape index (κ2) is 7.43. The summed E-state index contributed by atoms with van der Waals surface area (Å²) in [6.07, 6.45) is 1.20. The number of hydrogen-bond acceptors (Lipinski definition) is 4. The zero-order valence-electron chi connectivity index (χ0n) is 14.3. The van der Waals surface area contributed by atoms with E-state index in [4.69, 9.17) is 14.5 Å². The highest BCUT2D eigenvalue weighted by molar-refractivity contribution is 5.76. The van der Waals surface area contributed by atoms with E-state index in [1.165, 1.54) is 12.1 Å². The molecule has 4 rings (SSSR count). The van der Waals surface area contributed by atoms with Crippen molar-refractivity contribution in [3.63, 3.8) is 0 Å². The Labute approximate surface area is 151 Å². The van der Waals surface area contributed by atoms with Crippen LogP contribution in [0.3, 0.4) is 0 Å². The fraction of sp³-hybridized carbons (Fsp3) is 0.350. The summed E-state index contributed by atoms with van der Waals surface area (Å²) in [6.45, 7) is 1.21. The molecule has 0 aliphatic carbocycles. The van der Waals surface area contributed by atoms with Gasteiger partial charge in [-0.25, -0.2) is 9.37 Å². The first-order chi connectivity index (χ1) is 12.7. The monoisotopic (exact) mass is 356 g/mol. The van der Waals surface area contributed by atoms with Gasteiger partial charge in [-0.2, -0.15) is 0 Å². The Balaban J connectivity index is 1.51. The molecule has 5 nitrogen and oxygen atoms in total. The largest absolute Gasteiger partial charge is 0.491 e. The van der Waals surface area contributed by atoms with Crippen molar-refractivity contribution in [2.75, 3.05) is 13.2 Å². The average Bonchev–Trinajstić information content (AvgIpc) is 3.30. The van der Waals surface area contributed by atoms with Crippen molar-refractivity contribution in [3.05, 3.63) is 60.2 Å². The SMILES string of the molecule is OC(COc1ccc(F)cc1)Cn1c(C2CCCO2)nc2ccccc21. The number of aliphatic hydroxyl groups is 1. The van der Waals surface area contributed by atoms with Crippen LogP contribution in [0.2, 0.25) is 0 Å². The zero-order valence-corrected chi connectivity index (χ0v) is 14.3. The Bertz CT molecular complexity index is 872. The molecule has 26 heavy (non-hydrogen) atoms. The summed E-state index contributed by atoms with van der Waals surface area (Å²) in [5.74, 6) is 1.06. The van der Waals surface area contributed by atoms with Gasteiger partial charge in [-0.15, -0.1) is 0 Å². The van der Waals surface area contributed by atoms with E-state index in [-0.39, 0.29) is 18.5 Å². The van der Waals surface area contributed by atoms with Gasteiger partial charge in [-0.3, -0.25) is 0 Å². The molecule has 2 atom stereocenters. The number of ether oxygens (including phenoxy) is 2. The first-order valence-corrected chi connectivity index (χ1v) is 8.84. The summed E-state index contributed by atoms with van der Waals surface area (Å²) in [7, 11) is 0. The Kier molecular flexibility index (Phi) is 4.86. The summed E-state index contributed by atoms with van der Waals surface area (Å²) in [6, 6.07) is 13.6. The van der Waals surface area contributed by atoms with Crippen LogP contribution in [0, 0.1) is 5.82 Å². The number of nitrogens with zero attached hydrogens (tertiary/aromatic N) is 2. The maximum atomic E-state index is 13.0. The lowest BCUT2D eigenvalue weighted by molar-refractivity contribution is 0.0805. The van der Waals surface area contributed by atoms with Crippen LogP contribution >= 0.6 is 0 Å². The summed E-state index contributed by atoms with van der Waals surface area (Å²) in [5.41, 5.74) is 1.86. The van der Waals surface area contributed by atoms with Crippen molar-refractivity contribution < 1.29 is 19.0 Å². The molecule has 0 amide bonds. The molecule has 1 aromatic heterocycles. The zero-order chi connectivity index (χ0) is 17.9. The minimum atomic E-state index is -0.724. The number of hydrogen-bond donors (Lipinski definition) is 1. The van der Waals surface area contributed by atoms with Crippen LogP contribution in [0.1, 0.15) is 24.8 Å². The van der Waals surface area contributed by atoms with Gasteiger partial charge < -0.3 is 19.1 Å². The molecule has 1 fully saturated rings. The first-order valence-electron chi connectivity index (χ1n) is 8.84. The van der Waals surface area contributed by atoms with Gasteiger partial charge in [-0.1, -0.05) is 12.1 Å². The van der Waals surface area contributed by atoms with Crippen molar-refractivity contribution in [2.45, 2.75) is 31.6 Å². The third-order valence-electron chi connectivity index (χ3n) is 4.55. The third kappa shape index (κ3) is 3.57. The molecule has 6 heteroatoms. The number of fused-ring (bicyclic) bond motifs is 1. The summed E-state index contributed by atoms with van der Waals surface area (Å²) < 4.78 is 26.3. The Hall–Kier alpha value is -2.44. The van der Waals surface area contributed by atoms with Crippen LogP contribution in [0.5, 0.6) is 5.75 Å². The van der Waals surface area contributed by atoms with Gasteiger partial charge in [0.05, 0.1) is 17.6 Å². The third-order valence-corrected chi connectivity index (χ3v) is 4.55. The molecule has 0 saturated carbocycles. The van der Waals surface area contributed by atoms with Crippen LogP contribution in [0.4, 0.5) is 4.39 Å². The van der Waals surface area contributed by atoms with E-state index in [9.17, 15) is 9.50 Å². The van der Waals surface area contributed by atoms with Crippen molar-refractivity contribution in [2.24, 2.45) is 0 Å². The number of rotatable bonds is 6. The van der Waals surface area contributed by atoms with E-state index in [1.807, 2.05) is 28.8 Å². The molecule has 0 spiro atoms. The number of aromatic nitrogens is 2. The number of imidazole rings is 1. The molecule has 1 saturated heterocycles. The molecular weight excluding hydrogens is 335 g/mol. The standard InChI is InChI=1S/C20H21FN2O3/c21-14-7-9-16(10-8-14)26-13-15(24)12-23-18-5-2-1-4-17(18)22-20(23)19-6-3-11-25-19/h1-2,4-5,7-10,15,19,24H,3,6,11-13H2. The number of halogens is 1. The lowest BCUT2D eigenvalue weighted by Crippen LogP contribution is -2.25. The van der Waals surface area contributed by atoms with Crippen LogP contribution in [-0.4, -0.2) is 34.0 Å². The van der Waals surface area contributed by atoms with E-state index in [1.54, 1.807) is 12.1 Å². The van der Waals surface area contributed by atoms with Gasteiger partial charge >= 0.3 is 0 Å². The van der Waals surface area contributed by atoms with Crippen LogP contribution < -0.4 is 4.74 Å². The molecule has 1 aliphatic rings. The topological polar surface area (TPSA) is 56.5 Å². The minimum absolute atomic E-state index is 0.0346. The molecule has 2 unspecified atom stereocenters. The number of aliphatic hydroxyl groups excluding tert-OH is 1. The lowest BCUT2D eigenvalue weighted by Gasteiger charge is -2.17. The van der Waals surface area contributed by atoms with Crippen LogP contribution in [0.15, 0.2) is 48.5 Å². The quantitative estimate of drug-likeness (QED) is 0.735. The predicted octanol–water partition coefficient (Wildman–Crippen LogP) is 3.47. The smallest absolute Gasteiger partial charge is 0.139 e. The molecule has 2 aromatic carbocycles. The summed E-state index contributed by atoms with van der Waals surface area (Å²) >= 11 is 0. The Morgan fingerprint density at radius 1 is 1.23 bits per heavy atom. The second-order valence-corrected chi connectivity index (χ2v) is 6.49. The minimum Gasteiger partial charge on any atom is -0.491 e. The molecular formula is C20H21FN2O3. The van der Waals surface area contributed by atoms with Gasteiger partial charge in [0.15, 0.2) is 0 Å².